The van der Waals surface area contributed by atoms with E-state index in [9.17, 15) is 22.0 Å². The smallest absolute Gasteiger partial charge is 0.241 e. The number of sulfonamides is 1. The molecule has 0 aliphatic heterocycles. The second-order valence-electron chi connectivity index (χ2n) is 4.45. The Kier molecular flexibility index (Phi) is 5.45. The lowest BCUT2D eigenvalue weighted by molar-refractivity contribution is -0.115. The molecule has 0 heterocycles. The number of rotatable bonds is 5. The standard InChI is InChI=1S/C14H11BrF2N2O3S/c15-9-1-6-13(12(17)7-9)19-14(20)8-18-23(21,22)11-4-2-10(16)3-5-11/h1-7,18H,8H2,(H,19,20). The van der Waals surface area contributed by atoms with Gasteiger partial charge in [-0.15, -0.1) is 0 Å². The number of halogens is 3. The number of nitrogens with one attached hydrogen (secondary N) is 2. The molecule has 2 rings (SSSR count). The van der Waals surface area contributed by atoms with Gasteiger partial charge in [-0.1, -0.05) is 15.9 Å². The first-order chi connectivity index (χ1) is 10.8. The van der Waals surface area contributed by atoms with Crippen LogP contribution in [0.15, 0.2) is 51.8 Å². The summed E-state index contributed by atoms with van der Waals surface area (Å²) in [6.45, 7) is -0.588. The van der Waals surface area contributed by atoms with Crippen LogP contribution in [0.1, 0.15) is 0 Å². The van der Waals surface area contributed by atoms with Gasteiger partial charge in [0.15, 0.2) is 0 Å². The zero-order valence-electron chi connectivity index (χ0n) is 11.5. The Morgan fingerprint density at radius 3 is 2.35 bits per heavy atom. The minimum absolute atomic E-state index is 0.0702. The lowest BCUT2D eigenvalue weighted by Gasteiger charge is -2.09. The first kappa shape index (κ1) is 17.5. The molecular weight excluding hydrogens is 394 g/mol. The molecule has 2 aromatic rings. The predicted molar refractivity (Wildman–Crippen MR) is 84.3 cm³/mol. The Balaban J connectivity index is 1.99. The molecule has 0 aliphatic carbocycles. The molecule has 0 saturated carbocycles. The number of hydrogen-bond acceptors (Lipinski definition) is 3. The monoisotopic (exact) mass is 404 g/mol. The highest BCUT2D eigenvalue weighted by atomic mass is 79.9. The predicted octanol–water partition coefficient (Wildman–Crippen LogP) is 2.64. The maximum absolute atomic E-state index is 13.6. The Bertz CT molecular complexity index is 826. The lowest BCUT2D eigenvalue weighted by atomic mass is 10.3. The molecule has 23 heavy (non-hydrogen) atoms. The molecule has 0 spiro atoms. The number of hydrogen-bond donors (Lipinski definition) is 2. The van der Waals surface area contributed by atoms with Crippen molar-refractivity contribution < 1.29 is 22.0 Å². The molecule has 2 aromatic carbocycles. The first-order valence-electron chi connectivity index (χ1n) is 6.28. The Hall–Kier alpha value is -1.84. The van der Waals surface area contributed by atoms with Crippen LogP contribution in [0.5, 0.6) is 0 Å². The molecule has 1 amide bonds. The van der Waals surface area contributed by atoms with Gasteiger partial charge in [0.2, 0.25) is 15.9 Å². The van der Waals surface area contributed by atoms with Crippen molar-refractivity contribution in [1.29, 1.82) is 0 Å². The number of carbonyl (C=O) groups is 1. The summed E-state index contributed by atoms with van der Waals surface area (Å²) < 4.78 is 52.7. The van der Waals surface area contributed by atoms with Crippen molar-refractivity contribution >= 4 is 37.5 Å². The summed E-state index contributed by atoms with van der Waals surface area (Å²) in [5.74, 6) is -1.97. The number of carbonyl (C=O) groups excluding carboxylic acids is 1. The fraction of sp³-hybridized carbons (Fsp3) is 0.0714. The van der Waals surface area contributed by atoms with E-state index < -0.39 is 34.1 Å². The quantitative estimate of drug-likeness (QED) is 0.804. The maximum atomic E-state index is 13.6. The van der Waals surface area contributed by atoms with Crippen molar-refractivity contribution in [2.75, 3.05) is 11.9 Å². The van der Waals surface area contributed by atoms with Crippen molar-refractivity contribution in [3.8, 4) is 0 Å². The van der Waals surface area contributed by atoms with Crippen LogP contribution in [0.25, 0.3) is 0 Å². The van der Waals surface area contributed by atoms with Gasteiger partial charge in [0, 0.05) is 4.47 Å². The molecule has 0 fully saturated rings. The average molecular weight is 405 g/mol. The maximum Gasteiger partial charge on any atom is 0.241 e. The summed E-state index contributed by atoms with van der Waals surface area (Å²) in [6.07, 6.45) is 0. The van der Waals surface area contributed by atoms with Gasteiger partial charge < -0.3 is 5.32 Å². The van der Waals surface area contributed by atoms with E-state index in [1.807, 2.05) is 0 Å². The summed E-state index contributed by atoms with van der Waals surface area (Å²) >= 11 is 3.08. The number of anilines is 1. The molecule has 0 bridgehead atoms. The summed E-state index contributed by atoms with van der Waals surface area (Å²) in [6, 6.07) is 8.16. The third-order valence-electron chi connectivity index (χ3n) is 2.75. The van der Waals surface area contributed by atoms with Crippen molar-refractivity contribution in [2.24, 2.45) is 0 Å². The molecule has 122 valence electrons. The largest absolute Gasteiger partial charge is 0.322 e. The first-order valence-corrected chi connectivity index (χ1v) is 8.56. The van der Waals surface area contributed by atoms with Gasteiger partial charge in [-0.05, 0) is 42.5 Å². The van der Waals surface area contributed by atoms with Crippen molar-refractivity contribution in [3.63, 3.8) is 0 Å². The molecule has 2 N–H and O–H groups in total. The van der Waals surface area contributed by atoms with Gasteiger partial charge in [-0.3, -0.25) is 4.79 Å². The minimum Gasteiger partial charge on any atom is -0.322 e. The van der Waals surface area contributed by atoms with E-state index in [0.717, 1.165) is 30.3 Å². The van der Waals surface area contributed by atoms with Crippen molar-refractivity contribution in [2.45, 2.75) is 4.90 Å². The summed E-state index contributed by atoms with van der Waals surface area (Å²) in [5.41, 5.74) is -0.0702. The van der Waals surface area contributed by atoms with Crippen LogP contribution in [-0.4, -0.2) is 20.9 Å². The molecule has 0 unspecified atom stereocenters. The minimum atomic E-state index is -3.96. The molecule has 0 aliphatic rings. The van der Waals surface area contributed by atoms with Crippen LogP contribution in [0.3, 0.4) is 0 Å². The molecule has 5 nitrogen and oxygen atoms in total. The third kappa shape index (κ3) is 4.81. The fourth-order valence-electron chi connectivity index (χ4n) is 1.64. The molecule has 9 heteroatoms. The van der Waals surface area contributed by atoms with Crippen LogP contribution in [0.4, 0.5) is 14.5 Å². The average Bonchev–Trinajstić information content (AvgIpc) is 2.49. The summed E-state index contributed by atoms with van der Waals surface area (Å²) in [5, 5.41) is 2.25. The summed E-state index contributed by atoms with van der Waals surface area (Å²) in [4.78, 5) is 11.5. The lowest BCUT2D eigenvalue weighted by Crippen LogP contribution is -2.33. The van der Waals surface area contributed by atoms with Gasteiger partial charge in [-0.25, -0.2) is 21.9 Å². The van der Waals surface area contributed by atoms with Gasteiger partial charge in [0.05, 0.1) is 17.1 Å². The Morgan fingerprint density at radius 1 is 1.09 bits per heavy atom. The van der Waals surface area contributed by atoms with Crippen LogP contribution >= 0.6 is 15.9 Å². The van der Waals surface area contributed by atoms with E-state index >= 15 is 0 Å². The molecule has 0 aromatic heterocycles. The molecule has 0 saturated heterocycles. The zero-order valence-corrected chi connectivity index (χ0v) is 13.9. The van der Waals surface area contributed by atoms with Gasteiger partial charge >= 0.3 is 0 Å². The van der Waals surface area contributed by atoms with Crippen LogP contribution in [0.2, 0.25) is 0 Å². The van der Waals surface area contributed by atoms with Crippen LogP contribution in [0, 0.1) is 11.6 Å². The van der Waals surface area contributed by atoms with Gasteiger partial charge in [0.25, 0.3) is 0 Å². The second kappa shape index (κ2) is 7.16. The van der Waals surface area contributed by atoms with Crippen LogP contribution in [-0.2, 0) is 14.8 Å². The van der Waals surface area contributed by atoms with Gasteiger partial charge in [0.1, 0.15) is 11.6 Å². The SMILES string of the molecule is O=C(CNS(=O)(=O)c1ccc(F)cc1)Nc1ccc(Br)cc1F. The van der Waals surface area contributed by atoms with Crippen molar-refractivity contribution in [1.82, 2.24) is 4.72 Å². The fourth-order valence-corrected chi connectivity index (χ4v) is 2.96. The summed E-state index contributed by atoms with van der Waals surface area (Å²) in [7, 11) is -3.96. The van der Waals surface area contributed by atoms with E-state index in [2.05, 4.69) is 26.0 Å². The number of benzene rings is 2. The van der Waals surface area contributed by atoms with E-state index in [1.165, 1.54) is 12.1 Å². The molecule has 0 atom stereocenters. The van der Waals surface area contributed by atoms with E-state index in [-0.39, 0.29) is 10.6 Å². The molecular formula is C14H11BrF2N2O3S. The zero-order chi connectivity index (χ0) is 17.0. The highest BCUT2D eigenvalue weighted by molar-refractivity contribution is 9.10. The van der Waals surface area contributed by atoms with E-state index in [4.69, 9.17) is 0 Å². The molecule has 0 radical (unpaired) electrons. The van der Waals surface area contributed by atoms with Crippen molar-refractivity contribution in [3.05, 3.63) is 58.6 Å². The topological polar surface area (TPSA) is 75.3 Å². The normalized spacial score (nSPS) is 11.3. The van der Waals surface area contributed by atoms with E-state index in [1.54, 1.807) is 0 Å². The van der Waals surface area contributed by atoms with E-state index in [0.29, 0.717) is 4.47 Å². The highest BCUT2D eigenvalue weighted by Crippen LogP contribution is 2.19. The Morgan fingerprint density at radius 2 is 1.74 bits per heavy atom. The highest BCUT2D eigenvalue weighted by Gasteiger charge is 2.16. The Labute approximate surface area is 139 Å². The van der Waals surface area contributed by atoms with Gasteiger partial charge in [-0.2, -0.15) is 0 Å². The second-order valence-corrected chi connectivity index (χ2v) is 7.13. The third-order valence-corrected chi connectivity index (χ3v) is 4.66. The number of amides is 1. The van der Waals surface area contributed by atoms with Crippen LogP contribution < -0.4 is 10.0 Å².